The molecule has 0 amide bonds. The van der Waals surface area contributed by atoms with Crippen LogP contribution >= 0.6 is 11.6 Å². The van der Waals surface area contributed by atoms with Crippen molar-refractivity contribution in [3.05, 3.63) is 35.1 Å². The molecule has 0 radical (unpaired) electrons. The molecule has 0 saturated heterocycles. The van der Waals surface area contributed by atoms with E-state index >= 15 is 0 Å². The summed E-state index contributed by atoms with van der Waals surface area (Å²) in [5.74, 6) is 0.0451. The molecule has 1 aromatic heterocycles. The molecule has 5 heteroatoms. The number of aromatic nitrogens is 2. The van der Waals surface area contributed by atoms with E-state index in [0.29, 0.717) is 22.1 Å². The molecule has 2 rings (SSSR count). The lowest BCUT2D eigenvalue weighted by Crippen LogP contribution is -1.96. The predicted octanol–water partition coefficient (Wildman–Crippen LogP) is 2.46. The van der Waals surface area contributed by atoms with E-state index in [4.69, 9.17) is 17.3 Å². The Morgan fingerprint density at radius 3 is 2.73 bits per heavy atom. The van der Waals surface area contributed by atoms with Crippen LogP contribution in [0.2, 0.25) is 5.02 Å². The zero-order chi connectivity index (χ0) is 11.0. The van der Waals surface area contributed by atoms with Crippen LogP contribution in [0.4, 0.5) is 10.2 Å². The second kappa shape index (κ2) is 3.55. The molecular weight excluding hydrogens is 217 g/mol. The Morgan fingerprint density at radius 2 is 2.20 bits per heavy atom. The van der Waals surface area contributed by atoms with Gasteiger partial charge in [0.05, 0.1) is 0 Å². The summed E-state index contributed by atoms with van der Waals surface area (Å²) in [6.07, 6.45) is 0. The quantitative estimate of drug-likeness (QED) is 0.810. The Labute approximate surface area is 91.3 Å². The smallest absolute Gasteiger partial charge is 0.140 e. The normalized spacial score (nSPS) is 10.6. The number of nitrogens with zero attached hydrogens (tertiary/aromatic N) is 2. The fourth-order valence-corrected chi connectivity index (χ4v) is 1.60. The fourth-order valence-electron chi connectivity index (χ4n) is 1.33. The lowest BCUT2D eigenvalue weighted by atomic mass is 10.1. The average Bonchev–Trinajstić information content (AvgIpc) is 2.46. The van der Waals surface area contributed by atoms with Crippen molar-refractivity contribution in [1.29, 1.82) is 0 Å². The monoisotopic (exact) mass is 225 g/mol. The van der Waals surface area contributed by atoms with E-state index < -0.39 is 0 Å². The van der Waals surface area contributed by atoms with Gasteiger partial charge >= 0.3 is 0 Å². The van der Waals surface area contributed by atoms with Crippen molar-refractivity contribution in [1.82, 2.24) is 9.78 Å². The molecule has 2 N–H and O–H groups in total. The van der Waals surface area contributed by atoms with Crippen molar-refractivity contribution in [3.8, 4) is 11.3 Å². The molecule has 78 valence electrons. The van der Waals surface area contributed by atoms with Crippen LogP contribution < -0.4 is 5.73 Å². The second-order valence-electron chi connectivity index (χ2n) is 3.18. The van der Waals surface area contributed by atoms with E-state index in [1.807, 2.05) is 0 Å². The third-order valence-electron chi connectivity index (χ3n) is 2.13. The van der Waals surface area contributed by atoms with Crippen molar-refractivity contribution >= 4 is 17.4 Å². The molecule has 0 saturated carbocycles. The minimum absolute atomic E-state index is 0.326. The Balaban J connectivity index is 2.59. The molecule has 2 aromatic rings. The molecular formula is C10H9ClFN3. The van der Waals surface area contributed by atoms with Crippen molar-refractivity contribution in [2.24, 2.45) is 7.05 Å². The maximum atomic E-state index is 13.0. The van der Waals surface area contributed by atoms with Gasteiger partial charge in [0.2, 0.25) is 0 Å². The highest BCUT2D eigenvalue weighted by molar-refractivity contribution is 6.35. The molecule has 1 heterocycles. The van der Waals surface area contributed by atoms with E-state index in [9.17, 15) is 4.39 Å². The number of halogens is 2. The molecule has 0 bridgehead atoms. The maximum Gasteiger partial charge on any atom is 0.140 e. The Kier molecular flexibility index (Phi) is 2.36. The first kappa shape index (κ1) is 9.98. The molecule has 0 aliphatic carbocycles. The van der Waals surface area contributed by atoms with Crippen molar-refractivity contribution in [2.75, 3.05) is 5.73 Å². The van der Waals surface area contributed by atoms with Gasteiger partial charge < -0.3 is 5.73 Å². The highest BCUT2D eigenvalue weighted by atomic mass is 35.5. The molecule has 0 spiro atoms. The van der Waals surface area contributed by atoms with Crippen LogP contribution in [0.5, 0.6) is 0 Å². The Hall–Kier alpha value is -1.55. The van der Waals surface area contributed by atoms with E-state index in [0.717, 1.165) is 0 Å². The minimum Gasteiger partial charge on any atom is -0.383 e. The van der Waals surface area contributed by atoms with Crippen LogP contribution in [0.1, 0.15) is 0 Å². The van der Waals surface area contributed by atoms with Crippen molar-refractivity contribution < 1.29 is 4.39 Å². The summed E-state index contributed by atoms with van der Waals surface area (Å²) in [4.78, 5) is 0. The number of hydrogen-bond donors (Lipinski definition) is 1. The molecule has 0 atom stereocenters. The van der Waals surface area contributed by atoms with Gasteiger partial charge in [0.25, 0.3) is 0 Å². The molecule has 0 aliphatic rings. The highest BCUT2D eigenvalue weighted by Gasteiger charge is 2.13. The molecule has 0 aliphatic heterocycles. The molecule has 0 unspecified atom stereocenters. The van der Waals surface area contributed by atoms with Crippen molar-refractivity contribution in [3.63, 3.8) is 0 Å². The van der Waals surface area contributed by atoms with E-state index in [1.54, 1.807) is 19.2 Å². The number of nitrogens with two attached hydrogens (primary N) is 1. The van der Waals surface area contributed by atoms with Crippen LogP contribution in [-0.2, 0) is 7.05 Å². The first-order valence-corrected chi connectivity index (χ1v) is 4.71. The third-order valence-corrected chi connectivity index (χ3v) is 2.50. The number of nitrogen functional groups attached to an aromatic ring is 1. The molecule has 0 fully saturated rings. The van der Waals surface area contributed by atoms with E-state index in [1.165, 1.54) is 16.8 Å². The topological polar surface area (TPSA) is 43.8 Å². The van der Waals surface area contributed by atoms with Gasteiger partial charge in [0.15, 0.2) is 0 Å². The predicted molar refractivity (Wildman–Crippen MR) is 58.0 cm³/mol. The molecule has 3 nitrogen and oxygen atoms in total. The first-order valence-electron chi connectivity index (χ1n) is 4.33. The zero-order valence-electron chi connectivity index (χ0n) is 8.04. The van der Waals surface area contributed by atoms with E-state index in [2.05, 4.69) is 5.10 Å². The lowest BCUT2D eigenvalue weighted by Gasteiger charge is -1.96. The number of aryl methyl sites for hydroxylation is 1. The van der Waals surface area contributed by atoms with Gasteiger partial charge in [-0.25, -0.2) is 4.39 Å². The standard InChI is InChI=1S/C10H9ClFN3/c1-15-10(13)8(11)9(14-15)6-3-2-4-7(12)5-6/h2-5H,13H2,1H3. The van der Waals surface area contributed by atoms with Gasteiger partial charge in [-0.05, 0) is 12.1 Å². The number of benzene rings is 1. The molecule has 1 aromatic carbocycles. The van der Waals surface area contributed by atoms with Gasteiger partial charge in [-0.3, -0.25) is 4.68 Å². The summed E-state index contributed by atoms with van der Waals surface area (Å²) in [6, 6.07) is 6.07. The summed E-state index contributed by atoms with van der Waals surface area (Å²) in [6.45, 7) is 0. The van der Waals surface area contributed by atoms with Gasteiger partial charge in [0, 0.05) is 12.6 Å². The summed E-state index contributed by atoms with van der Waals surface area (Å²) in [5, 5.41) is 4.46. The first-order chi connectivity index (χ1) is 7.09. The lowest BCUT2D eigenvalue weighted by molar-refractivity contribution is 0.628. The van der Waals surface area contributed by atoms with Crippen molar-refractivity contribution in [2.45, 2.75) is 0 Å². The summed E-state index contributed by atoms with van der Waals surface area (Å²) < 4.78 is 14.4. The molecule has 15 heavy (non-hydrogen) atoms. The van der Waals surface area contributed by atoms with Gasteiger partial charge in [-0.1, -0.05) is 23.7 Å². The van der Waals surface area contributed by atoms with Crippen LogP contribution in [-0.4, -0.2) is 9.78 Å². The summed E-state index contributed by atoms with van der Waals surface area (Å²) in [5.41, 5.74) is 6.77. The van der Waals surface area contributed by atoms with Gasteiger partial charge in [-0.15, -0.1) is 0 Å². The second-order valence-corrected chi connectivity index (χ2v) is 3.56. The number of hydrogen-bond acceptors (Lipinski definition) is 2. The van der Waals surface area contributed by atoms with Gasteiger partial charge in [-0.2, -0.15) is 5.10 Å². The highest BCUT2D eigenvalue weighted by Crippen LogP contribution is 2.31. The van der Waals surface area contributed by atoms with Crippen LogP contribution in [0.15, 0.2) is 24.3 Å². The van der Waals surface area contributed by atoms with E-state index in [-0.39, 0.29) is 5.82 Å². The number of rotatable bonds is 1. The van der Waals surface area contributed by atoms with Crippen LogP contribution in [0.25, 0.3) is 11.3 Å². The SMILES string of the molecule is Cn1nc(-c2cccc(F)c2)c(Cl)c1N. The fraction of sp³-hybridized carbons (Fsp3) is 0.100. The van der Waals surface area contributed by atoms with Crippen LogP contribution in [0.3, 0.4) is 0 Å². The summed E-state index contributed by atoms with van der Waals surface area (Å²) >= 11 is 5.97. The van der Waals surface area contributed by atoms with Gasteiger partial charge in [0.1, 0.15) is 22.4 Å². The summed E-state index contributed by atoms with van der Waals surface area (Å²) in [7, 11) is 1.68. The minimum atomic E-state index is -0.326. The number of anilines is 1. The zero-order valence-corrected chi connectivity index (χ0v) is 8.79. The average molecular weight is 226 g/mol. The Morgan fingerprint density at radius 1 is 1.47 bits per heavy atom. The Bertz CT molecular complexity index is 507. The van der Waals surface area contributed by atoms with Crippen LogP contribution in [0, 0.1) is 5.82 Å². The maximum absolute atomic E-state index is 13.0. The third kappa shape index (κ3) is 1.68. The largest absolute Gasteiger partial charge is 0.383 e.